The Morgan fingerprint density at radius 3 is 2.62 bits per heavy atom. The molecule has 8 heteroatoms. The number of hydrogen-bond acceptors (Lipinski definition) is 5. The molecule has 0 spiro atoms. The lowest BCUT2D eigenvalue weighted by molar-refractivity contribution is -0.160. The summed E-state index contributed by atoms with van der Waals surface area (Å²) in [6, 6.07) is 6.48. The number of nitrogens with zero attached hydrogens (tertiary/aromatic N) is 1. The summed E-state index contributed by atoms with van der Waals surface area (Å²) >= 11 is 1.35. The van der Waals surface area contributed by atoms with Crippen LogP contribution in [0.3, 0.4) is 0 Å². The van der Waals surface area contributed by atoms with E-state index >= 15 is 0 Å². The average Bonchev–Trinajstić information content (AvgIpc) is 2.59. The summed E-state index contributed by atoms with van der Waals surface area (Å²) < 4.78 is 0. The van der Waals surface area contributed by atoms with Gasteiger partial charge in [0.05, 0.1) is 0 Å². The number of thioether (sulfide) groups is 1. The summed E-state index contributed by atoms with van der Waals surface area (Å²) in [5, 5.41) is 21.4. The summed E-state index contributed by atoms with van der Waals surface area (Å²) in [6.45, 7) is 3.70. The number of aliphatic hydroxyl groups is 1. The molecule has 2 fully saturated rings. The molecule has 0 bridgehead atoms. The number of benzene rings is 1. The van der Waals surface area contributed by atoms with Crippen molar-refractivity contribution in [3.63, 3.8) is 0 Å². The summed E-state index contributed by atoms with van der Waals surface area (Å²) in [4.78, 5) is 37.0. The molecule has 0 saturated carbocycles. The number of aliphatic carboxylic acids is 1. The maximum Gasteiger partial charge on any atom is 0.330 e. The molecule has 0 aromatic heterocycles. The Hall–Kier alpha value is -2.32. The number of aliphatic hydroxyl groups excluding tert-OH is 1. The molecule has 126 valence electrons. The first-order valence-electron chi connectivity index (χ1n) is 7.29. The first-order valence-corrected chi connectivity index (χ1v) is 8.34. The van der Waals surface area contributed by atoms with Crippen molar-refractivity contribution >= 4 is 29.5 Å². The minimum atomic E-state index is -1.38. The van der Waals surface area contributed by atoms with Crippen LogP contribution < -0.4 is 5.32 Å². The Bertz CT molecular complexity index is 708. The lowest BCUT2D eigenvalue weighted by atomic mass is 9.98. The minimum Gasteiger partial charge on any atom is -0.479 e. The second kappa shape index (κ2) is 6.29. The van der Waals surface area contributed by atoms with E-state index in [1.165, 1.54) is 16.7 Å². The largest absolute Gasteiger partial charge is 0.479 e. The van der Waals surface area contributed by atoms with Gasteiger partial charge in [-0.2, -0.15) is 0 Å². The zero-order valence-electron chi connectivity index (χ0n) is 12.6. The first-order chi connectivity index (χ1) is 11.4. The van der Waals surface area contributed by atoms with Gasteiger partial charge in [0, 0.05) is 5.75 Å². The molecule has 2 aliphatic rings. The fourth-order valence-electron chi connectivity index (χ4n) is 2.85. The third kappa shape index (κ3) is 2.67. The van der Waals surface area contributed by atoms with Crippen molar-refractivity contribution in [2.24, 2.45) is 0 Å². The third-order valence-corrected chi connectivity index (χ3v) is 5.46. The number of carboxylic acids is 1. The Morgan fingerprint density at radius 1 is 1.33 bits per heavy atom. The summed E-state index contributed by atoms with van der Waals surface area (Å²) in [5.74, 6) is -1.89. The van der Waals surface area contributed by atoms with Crippen LogP contribution in [0.5, 0.6) is 0 Å². The van der Waals surface area contributed by atoms with Crippen LogP contribution in [0, 0.1) is 0 Å². The maximum atomic E-state index is 12.3. The van der Waals surface area contributed by atoms with Crippen molar-refractivity contribution in [1.29, 1.82) is 0 Å². The van der Waals surface area contributed by atoms with Gasteiger partial charge in [-0.05, 0) is 11.1 Å². The van der Waals surface area contributed by atoms with Gasteiger partial charge in [-0.25, -0.2) is 4.79 Å². The van der Waals surface area contributed by atoms with Crippen molar-refractivity contribution in [3.8, 4) is 0 Å². The molecule has 1 aromatic carbocycles. The van der Waals surface area contributed by atoms with Gasteiger partial charge < -0.3 is 20.4 Å². The molecule has 24 heavy (non-hydrogen) atoms. The van der Waals surface area contributed by atoms with E-state index in [-0.39, 0.29) is 0 Å². The fourth-order valence-corrected chi connectivity index (χ4v) is 4.16. The number of amides is 2. The van der Waals surface area contributed by atoms with Crippen LogP contribution in [-0.2, 0) is 14.4 Å². The summed E-state index contributed by atoms with van der Waals surface area (Å²) in [7, 11) is 0. The smallest absolute Gasteiger partial charge is 0.330 e. The van der Waals surface area contributed by atoms with Crippen LogP contribution in [0.4, 0.5) is 0 Å². The summed E-state index contributed by atoms with van der Waals surface area (Å²) in [5.41, 5.74) is 0.873. The molecular weight excluding hydrogens is 332 g/mol. The quantitative estimate of drug-likeness (QED) is 0.527. The predicted molar refractivity (Wildman–Crippen MR) is 87.0 cm³/mol. The lowest BCUT2D eigenvalue weighted by Gasteiger charge is -2.52. The normalized spacial score (nSPS) is 27.0. The molecule has 3 unspecified atom stereocenters. The number of nitrogens with one attached hydrogen (secondary N) is 1. The molecule has 3 rings (SSSR count). The van der Waals surface area contributed by atoms with Crippen LogP contribution in [0.2, 0.25) is 0 Å². The topological polar surface area (TPSA) is 107 Å². The molecule has 2 heterocycles. The molecule has 0 aliphatic carbocycles. The Morgan fingerprint density at radius 2 is 2.00 bits per heavy atom. The van der Waals surface area contributed by atoms with E-state index in [1.54, 1.807) is 30.3 Å². The van der Waals surface area contributed by atoms with Crippen LogP contribution in [0.25, 0.3) is 0 Å². The molecular formula is C16H16N2O5S. The van der Waals surface area contributed by atoms with Crippen molar-refractivity contribution in [2.75, 3.05) is 5.75 Å². The van der Waals surface area contributed by atoms with E-state index in [4.69, 9.17) is 0 Å². The highest BCUT2D eigenvalue weighted by Gasteiger charge is 2.56. The van der Waals surface area contributed by atoms with Gasteiger partial charge in [0.1, 0.15) is 11.4 Å². The zero-order chi connectivity index (χ0) is 17.4. The lowest BCUT2D eigenvalue weighted by Crippen LogP contribution is -2.74. The number of carboxylic acid groups (broad SMARTS) is 1. The second-order valence-electron chi connectivity index (χ2n) is 5.65. The van der Waals surface area contributed by atoms with E-state index in [0.29, 0.717) is 16.9 Å². The van der Waals surface area contributed by atoms with Gasteiger partial charge in [0.15, 0.2) is 12.1 Å². The number of β-lactam (4-membered cyclic amide) rings is 1. The van der Waals surface area contributed by atoms with Gasteiger partial charge in [-0.3, -0.25) is 9.59 Å². The van der Waals surface area contributed by atoms with Gasteiger partial charge >= 0.3 is 5.97 Å². The monoisotopic (exact) mass is 348 g/mol. The van der Waals surface area contributed by atoms with Gasteiger partial charge in [-0.15, -0.1) is 11.8 Å². The zero-order valence-corrected chi connectivity index (χ0v) is 13.4. The first kappa shape index (κ1) is 16.5. The Kier molecular flexibility index (Phi) is 4.33. The Balaban J connectivity index is 1.69. The number of rotatable bonds is 4. The fraction of sp³-hybridized carbons (Fsp3) is 0.312. The molecule has 3 N–H and O–H groups in total. The standard InChI is InChI=1S/C16H16N2O5S/c1-8-7-24-15-10(14(21)18(15)11(8)16(22)23)17-13(20)12(19)9-5-3-2-4-6-9/h2-6,10-12,15,19H,1,7H2,(H,17,20)(H,22,23)/t10?,11?,12?,15-/m1/s1. The van der Waals surface area contributed by atoms with Crippen LogP contribution in [-0.4, -0.2) is 56.1 Å². The van der Waals surface area contributed by atoms with E-state index in [9.17, 15) is 24.6 Å². The van der Waals surface area contributed by atoms with Crippen molar-refractivity contribution in [2.45, 2.75) is 23.6 Å². The molecule has 0 radical (unpaired) electrons. The number of hydrogen-bond donors (Lipinski definition) is 3. The van der Waals surface area contributed by atoms with E-state index < -0.39 is 41.3 Å². The highest BCUT2D eigenvalue weighted by atomic mass is 32.2. The van der Waals surface area contributed by atoms with Crippen molar-refractivity contribution < 1.29 is 24.6 Å². The Labute approximate surface area is 142 Å². The van der Waals surface area contributed by atoms with Crippen LogP contribution >= 0.6 is 11.8 Å². The molecule has 4 atom stereocenters. The van der Waals surface area contributed by atoms with Crippen LogP contribution in [0.1, 0.15) is 11.7 Å². The molecule has 2 saturated heterocycles. The number of fused-ring (bicyclic) bond motifs is 1. The molecule has 2 aliphatic heterocycles. The maximum absolute atomic E-state index is 12.3. The number of carbonyl (C=O) groups excluding carboxylic acids is 2. The van der Waals surface area contributed by atoms with Crippen LogP contribution in [0.15, 0.2) is 42.5 Å². The molecule has 7 nitrogen and oxygen atoms in total. The molecule has 1 aromatic rings. The molecule has 2 amide bonds. The van der Waals surface area contributed by atoms with Gasteiger partial charge in [-0.1, -0.05) is 36.9 Å². The van der Waals surface area contributed by atoms with E-state index in [2.05, 4.69) is 11.9 Å². The van der Waals surface area contributed by atoms with Crippen molar-refractivity contribution in [1.82, 2.24) is 10.2 Å². The summed E-state index contributed by atoms with van der Waals surface area (Å²) in [6.07, 6.45) is -1.38. The average molecular weight is 348 g/mol. The highest BCUT2D eigenvalue weighted by molar-refractivity contribution is 8.00. The third-order valence-electron chi connectivity index (χ3n) is 4.08. The SMILES string of the molecule is C=C1CS[C@@H]2C(NC(=O)C(O)c3ccccc3)C(=O)N2C1C(=O)O. The van der Waals surface area contributed by atoms with E-state index in [0.717, 1.165) is 0 Å². The van der Waals surface area contributed by atoms with Gasteiger partial charge in [0.2, 0.25) is 5.91 Å². The highest BCUT2D eigenvalue weighted by Crippen LogP contribution is 2.40. The predicted octanol–water partition coefficient (Wildman–Crippen LogP) is 0.129. The van der Waals surface area contributed by atoms with Crippen molar-refractivity contribution in [3.05, 3.63) is 48.0 Å². The van der Waals surface area contributed by atoms with Gasteiger partial charge in [0.25, 0.3) is 5.91 Å². The minimum absolute atomic E-state index is 0.402. The second-order valence-corrected chi connectivity index (χ2v) is 6.75. The van der Waals surface area contributed by atoms with E-state index in [1.807, 2.05) is 0 Å². The number of carbonyl (C=O) groups is 3.